The van der Waals surface area contributed by atoms with Gasteiger partial charge in [-0.3, -0.25) is 4.79 Å². The number of carbonyl (C=O) groups excluding carboxylic acids is 1. The van der Waals surface area contributed by atoms with E-state index in [1.165, 1.54) is 0 Å². The van der Waals surface area contributed by atoms with Crippen molar-refractivity contribution in [2.75, 3.05) is 24.3 Å². The fourth-order valence-corrected chi connectivity index (χ4v) is 4.47. The monoisotopic (exact) mass is 444 g/mol. The molecular weight excluding hydrogens is 412 g/mol. The first-order valence-electron chi connectivity index (χ1n) is 11.0. The lowest BCUT2D eigenvalue weighted by Crippen LogP contribution is -2.27. The van der Waals surface area contributed by atoms with Crippen LogP contribution in [0, 0.1) is 0 Å². The second kappa shape index (κ2) is 10.7. The number of Topliss-reactive ketones (excluding diaryl/α,β-unsaturated/α-hetero) is 1. The standard InChI is InChI=1S/C23H32N4O3S/c1-6-9-13-31-23-25-22-24-15(4)20(16(5)28)21(27(22)26-23)17-10-11-18(30-12-7-2)19(14-17)29-8-3/h10-11,14,21H,6-9,12-13H2,1-5H3,(H,24,25,26). The van der Waals surface area contributed by atoms with Gasteiger partial charge in [0.2, 0.25) is 11.1 Å². The van der Waals surface area contributed by atoms with Crippen LogP contribution < -0.4 is 14.8 Å². The van der Waals surface area contributed by atoms with Crippen LogP contribution in [0.3, 0.4) is 0 Å². The Morgan fingerprint density at radius 2 is 2.00 bits per heavy atom. The Labute approximate surface area is 188 Å². The highest BCUT2D eigenvalue weighted by atomic mass is 32.2. The lowest BCUT2D eigenvalue weighted by molar-refractivity contribution is -0.114. The second-order valence-corrected chi connectivity index (χ2v) is 8.54. The highest BCUT2D eigenvalue weighted by Crippen LogP contribution is 2.39. The van der Waals surface area contributed by atoms with Gasteiger partial charge in [0.1, 0.15) is 6.04 Å². The van der Waals surface area contributed by atoms with E-state index in [1.54, 1.807) is 18.7 Å². The van der Waals surface area contributed by atoms with Crippen molar-refractivity contribution in [2.45, 2.75) is 65.1 Å². The predicted octanol–water partition coefficient (Wildman–Crippen LogP) is 5.24. The smallest absolute Gasteiger partial charge is 0.227 e. The second-order valence-electron chi connectivity index (χ2n) is 7.47. The van der Waals surface area contributed by atoms with Crippen molar-refractivity contribution in [1.82, 2.24) is 14.8 Å². The molecule has 1 aliphatic rings. The third-order valence-corrected chi connectivity index (χ3v) is 5.91. The first kappa shape index (κ1) is 23.2. The van der Waals surface area contributed by atoms with E-state index >= 15 is 0 Å². The maximum atomic E-state index is 12.6. The topological polar surface area (TPSA) is 78.3 Å². The largest absolute Gasteiger partial charge is 0.490 e. The molecule has 0 spiro atoms. The van der Waals surface area contributed by atoms with Crippen LogP contribution in [0.2, 0.25) is 0 Å². The fourth-order valence-electron chi connectivity index (χ4n) is 3.56. The van der Waals surface area contributed by atoms with E-state index in [2.05, 4.69) is 24.1 Å². The van der Waals surface area contributed by atoms with Gasteiger partial charge in [0.15, 0.2) is 17.3 Å². The summed E-state index contributed by atoms with van der Waals surface area (Å²) in [6, 6.07) is 5.48. The van der Waals surface area contributed by atoms with Crippen LogP contribution in [-0.2, 0) is 4.79 Å². The minimum absolute atomic E-state index is 0.000561. The molecule has 1 unspecified atom stereocenters. The number of carbonyl (C=O) groups is 1. The van der Waals surface area contributed by atoms with Crippen molar-refractivity contribution >= 4 is 23.5 Å². The predicted molar refractivity (Wildman–Crippen MR) is 124 cm³/mol. The van der Waals surface area contributed by atoms with E-state index in [-0.39, 0.29) is 11.8 Å². The first-order valence-corrected chi connectivity index (χ1v) is 12.0. The van der Waals surface area contributed by atoms with Crippen molar-refractivity contribution in [2.24, 2.45) is 0 Å². The van der Waals surface area contributed by atoms with Crippen molar-refractivity contribution in [1.29, 1.82) is 0 Å². The summed E-state index contributed by atoms with van der Waals surface area (Å²) in [5, 5.41) is 8.72. The maximum absolute atomic E-state index is 12.6. The Morgan fingerprint density at radius 3 is 2.68 bits per heavy atom. The van der Waals surface area contributed by atoms with Gasteiger partial charge in [-0.2, -0.15) is 4.98 Å². The van der Waals surface area contributed by atoms with Gasteiger partial charge in [0.05, 0.1) is 13.2 Å². The molecule has 8 heteroatoms. The van der Waals surface area contributed by atoms with Crippen LogP contribution in [0.4, 0.5) is 5.95 Å². The summed E-state index contributed by atoms with van der Waals surface area (Å²) in [7, 11) is 0. The van der Waals surface area contributed by atoms with Gasteiger partial charge in [-0.15, -0.1) is 5.10 Å². The number of nitrogens with zero attached hydrogens (tertiary/aromatic N) is 3. The molecule has 1 aromatic carbocycles. The molecular formula is C23H32N4O3S. The molecule has 0 amide bonds. The molecule has 1 N–H and O–H groups in total. The number of rotatable bonds is 11. The number of aromatic nitrogens is 3. The van der Waals surface area contributed by atoms with Gasteiger partial charge in [0, 0.05) is 17.0 Å². The Kier molecular flexibility index (Phi) is 8.01. The summed E-state index contributed by atoms with van der Waals surface area (Å²) < 4.78 is 13.5. The van der Waals surface area contributed by atoms with Crippen LogP contribution in [-0.4, -0.2) is 39.5 Å². The van der Waals surface area contributed by atoms with Crippen LogP contribution in [0.25, 0.3) is 0 Å². The number of benzene rings is 1. The lowest BCUT2D eigenvalue weighted by Gasteiger charge is -2.28. The quantitative estimate of drug-likeness (QED) is 0.375. The zero-order chi connectivity index (χ0) is 22.4. The highest BCUT2D eigenvalue weighted by molar-refractivity contribution is 7.99. The van der Waals surface area contributed by atoms with Gasteiger partial charge in [-0.25, -0.2) is 4.68 Å². The van der Waals surface area contributed by atoms with Crippen molar-refractivity contribution in [3.8, 4) is 11.5 Å². The normalized spacial score (nSPS) is 15.5. The molecule has 1 atom stereocenters. The Hall–Kier alpha value is -2.48. The number of hydrogen-bond acceptors (Lipinski definition) is 7. The van der Waals surface area contributed by atoms with E-state index in [0.717, 1.165) is 36.3 Å². The Morgan fingerprint density at radius 1 is 1.19 bits per heavy atom. The Bertz CT molecular complexity index is 954. The molecule has 0 saturated carbocycles. The molecule has 1 aliphatic heterocycles. The van der Waals surface area contributed by atoms with Gasteiger partial charge in [0.25, 0.3) is 0 Å². The molecule has 2 aromatic rings. The van der Waals surface area contributed by atoms with Crippen molar-refractivity contribution in [3.05, 3.63) is 35.0 Å². The van der Waals surface area contributed by atoms with Gasteiger partial charge >= 0.3 is 0 Å². The number of nitrogens with one attached hydrogen (secondary N) is 1. The average molecular weight is 445 g/mol. The summed E-state index contributed by atoms with van der Waals surface area (Å²) >= 11 is 1.64. The van der Waals surface area contributed by atoms with E-state index < -0.39 is 0 Å². The molecule has 0 fully saturated rings. The zero-order valence-electron chi connectivity index (χ0n) is 19.0. The minimum atomic E-state index is -0.374. The van der Waals surface area contributed by atoms with Crippen molar-refractivity contribution < 1.29 is 14.3 Å². The zero-order valence-corrected chi connectivity index (χ0v) is 19.8. The molecule has 3 rings (SSSR count). The van der Waals surface area contributed by atoms with Crippen LogP contribution in [0.5, 0.6) is 11.5 Å². The summed E-state index contributed by atoms with van der Waals surface area (Å²) in [5.74, 6) is 3.00. The average Bonchev–Trinajstić information content (AvgIpc) is 3.14. The van der Waals surface area contributed by atoms with Gasteiger partial charge < -0.3 is 14.8 Å². The molecule has 7 nitrogen and oxygen atoms in total. The lowest BCUT2D eigenvalue weighted by atomic mass is 9.93. The molecule has 31 heavy (non-hydrogen) atoms. The van der Waals surface area contributed by atoms with E-state index in [4.69, 9.17) is 14.6 Å². The highest BCUT2D eigenvalue weighted by Gasteiger charge is 2.33. The fraction of sp³-hybridized carbons (Fsp3) is 0.522. The third kappa shape index (κ3) is 5.23. The summed E-state index contributed by atoms with van der Waals surface area (Å²) in [5.41, 5.74) is 2.38. The molecule has 2 heterocycles. The number of unbranched alkanes of at least 4 members (excludes halogenated alkanes) is 1. The van der Waals surface area contributed by atoms with Crippen molar-refractivity contribution in [3.63, 3.8) is 0 Å². The van der Waals surface area contributed by atoms with Crippen LogP contribution in [0.15, 0.2) is 34.6 Å². The number of hydrogen-bond donors (Lipinski definition) is 1. The van der Waals surface area contributed by atoms with Crippen LogP contribution >= 0.6 is 11.8 Å². The summed E-state index contributed by atoms with van der Waals surface area (Å²) in [4.78, 5) is 17.3. The number of allylic oxidation sites excluding steroid dienone is 2. The van der Waals surface area contributed by atoms with Gasteiger partial charge in [-0.1, -0.05) is 38.1 Å². The van der Waals surface area contributed by atoms with E-state index in [9.17, 15) is 4.79 Å². The molecule has 0 saturated heterocycles. The Balaban J connectivity index is 2.04. The third-order valence-electron chi connectivity index (χ3n) is 4.99. The molecule has 0 bridgehead atoms. The molecule has 1 aromatic heterocycles. The minimum Gasteiger partial charge on any atom is -0.490 e. The number of ether oxygens (including phenoxy) is 2. The first-order chi connectivity index (χ1) is 15.0. The molecule has 0 radical (unpaired) electrons. The molecule has 168 valence electrons. The number of thioether (sulfide) groups is 1. The van der Waals surface area contributed by atoms with Crippen LogP contribution in [0.1, 0.15) is 65.5 Å². The van der Waals surface area contributed by atoms with E-state index in [1.807, 2.05) is 36.7 Å². The van der Waals surface area contributed by atoms with Gasteiger partial charge in [-0.05, 0) is 51.3 Å². The number of fused-ring (bicyclic) bond motifs is 1. The van der Waals surface area contributed by atoms with E-state index in [0.29, 0.717) is 41.4 Å². The summed E-state index contributed by atoms with van der Waals surface area (Å²) in [6.45, 7) is 10.8. The number of ketones is 1. The maximum Gasteiger partial charge on any atom is 0.227 e. The summed E-state index contributed by atoms with van der Waals surface area (Å²) in [6.07, 6.45) is 3.15. The number of anilines is 1. The SMILES string of the molecule is CCCCSc1nc2n(n1)C(c1ccc(OCCC)c(OCC)c1)C(C(C)=O)=C(C)N2. The molecule has 0 aliphatic carbocycles.